The van der Waals surface area contributed by atoms with Crippen LogP contribution in [-0.4, -0.2) is 86.0 Å². The summed E-state index contributed by atoms with van der Waals surface area (Å²) in [4.78, 5) is 10.2. The molecule has 0 radical (unpaired) electrons. The van der Waals surface area contributed by atoms with E-state index in [0.29, 0.717) is 13.1 Å². The minimum absolute atomic E-state index is 0.270. The molecule has 0 amide bonds. The number of hydrogen-bond donors (Lipinski definition) is 2. The Kier molecular flexibility index (Phi) is 8.89. The highest BCUT2D eigenvalue weighted by molar-refractivity contribution is 7.09. The zero-order valence-corrected chi connectivity index (χ0v) is 19.1. The quantitative estimate of drug-likeness (QED) is 0.523. The van der Waals surface area contributed by atoms with E-state index < -0.39 is 6.10 Å². The van der Waals surface area contributed by atoms with Gasteiger partial charge in [-0.15, -0.1) is 11.3 Å². The minimum Gasteiger partial charge on any atom is -0.497 e. The van der Waals surface area contributed by atoms with Crippen molar-refractivity contribution in [3.8, 4) is 11.5 Å². The van der Waals surface area contributed by atoms with Crippen LogP contribution in [0.2, 0.25) is 0 Å². The van der Waals surface area contributed by atoms with Crippen molar-refractivity contribution in [2.24, 2.45) is 0 Å². The van der Waals surface area contributed by atoms with E-state index in [9.17, 15) is 5.11 Å². The maximum atomic E-state index is 10.5. The lowest BCUT2D eigenvalue weighted by Crippen LogP contribution is -2.47. The van der Waals surface area contributed by atoms with Gasteiger partial charge in [0.15, 0.2) is 0 Å². The van der Waals surface area contributed by atoms with E-state index in [2.05, 4.69) is 34.1 Å². The zero-order valence-electron chi connectivity index (χ0n) is 18.3. The largest absolute Gasteiger partial charge is 0.497 e. The third-order valence-electron chi connectivity index (χ3n) is 5.46. The maximum absolute atomic E-state index is 10.5. The molecule has 2 N–H and O–H groups in total. The van der Waals surface area contributed by atoms with Gasteiger partial charge in [0.2, 0.25) is 0 Å². The Morgan fingerprint density at radius 3 is 2.77 bits per heavy atom. The third-order valence-corrected chi connectivity index (χ3v) is 6.45. The number of hydrogen-bond acceptors (Lipinski definition) is 8. The molecule has 1 aromatic carbocycles. The molecule has 2 aromatic rings. The van der Waals surface area contributed by atoms with Crippen molar-refractivity contribution in [2.75, 3.05) is 60.0 Å². The number of rotatable bonds is 11. The van der Waals surface area contributed by atoms with E-state index in [-0.39, 0.29) is 6.61 Å². The van der Waals surface area contributed by atoms with Gasteiger partial charge in [-0.2, -0.15) is 0 Å². The number of piperazine rings is 1. The van der Waals surface area contributed by atoms with E-state index in [0.717, 1.165) is 61.9 Å². The Morgan fingerprint density at radius 2 is 2.07 bits per heavy atom. The number of nitrogens with one attached hydrogen (secondary N) is 1. The van der Waals surface area contributed by atoms with Crippen LogP contribution in [0.1, 0.15) is 16.1 Å². The van der Waals surface area contributed by atoms with Crippen LogP contribution in [0.5, 0.6) is 11.5 Å². The number of benzene rings is 1. The number of aliphatic hydroxyl groups is 1. The van der Waals surface area contributed by atoms with Crippen LogP contribution in [0.15, 0.2) is 23.7 Å². The van der Waals surface area contributed by atoms with Crippen molar-refractivity contribution in [1.29, 1.82) is 0 Å². The summed E-state index contributed by atoms with van der Waals surface area (Å²) in [6, 6.07) is 5.86. The summed E-state index contributed by atoms with van der Waals surface area (Å²) >= 11 is 1.70. The summed E-state index contributed by atoms with van der Waals surface area (Å²) in [5.41, 5.74) is 4.07. The molecule has 0 spiro atoms. The van der Waals surface area contributed by atoms with Crippen molar-refractivity contribution in [1.82, 2.24) is 20.1 Å². The number of thiazole rings is 1. The lowest BCUT2D eigenvalue weighted by atomic mass is 10.2. The molecule has 1 aromatic heterocycles. The molecular formula is C22H34N4O3S. The number of ether oxygens (including phenoxy) is 2. The van der Waals surface area contributed by atoms with Gasteiger partial charge in [0.25, 0.3) is 0 Å². The monoisotopic (exact) mass is 434 g/mol. The van der Waals surface area contributed by atoms with E-state index in [1.807, 2.05) is 23.7 Å². The second kappa shape index (κ2) is 11.6. The van der Waals surface area contributed by atoms with Gasteiger partial charge in [0, 0.05) is 62.3 Å². The van der Waals surface area contributed by atoms with E-state index in [1.165, 1.54) is 4.88 Å². The van der Waals surface area contributed by atoms with Gasteiger partial charge in [-0.3, -0.25) is 4.90 Å². The first-order valence-electron chi connectivity index (χ1n) is 10.5. The number of β-amino-alcohol motifs (C(OH)–C–C–N with tert-alkyl or cyclic N) is 1. The van der Waals surface area contributed by atoms with Crippen LogP contribution in [0.3, 0.4) is 0 Å². The molecule has 8 heteroatoms. The topological polar surface area (TPSA) is 70.1 Å². The first-order valence-corrected chi connectivity index (χ1v) is 11.4. The number of aryl methyl sites for hydroxylation is 1. The van der Waals surface area contributed by atoms with Crippen molar-refractivity contribution in [3.05, 3.63) is 39.8 Å². The molecular weight excluding hydrogens is 400 g/mol. The zero-order chi connectivity index (χ0) is 21.3. The molecule has 0 aliphatic carbocycles. The molecule has 1 unspecified atom stereocenters. The highest BCUT2D eigenvalue weighted by Gasteiger charge is 2.18. The smallest absolute Gasteiger partial charge is 0.127 e. The number of likely N-dealkylation sites (N-methyl/N-ethyl adjacent to an activating group) is 1. The molecule has 1 fully saturated rings. The molecule has 1 atom stereocenters. The summed E-state index contributed by atoms with van der Waals surface area (Å²) < 4.78 is 11.4. The summed E-state index contributed by atoms with van der Waals surface area (Å²) in [5.74, 6) is 1.51. The molecule has 166 valence electrons. The number of nitrogens with zero attached hydrogens (tertiary/aromatic N) is 3. The van der Waals surface area contributed by atoms with Crippen LogP contribution in [-0.2, 0) is 13.0 Å². The van der Waals surface area contributed by atoms with Crippen molar-refractivity contribution in [3.63, 3.8) is 0 Å². The van der Waals surface area contributed by atoms with Gasteiger partial charge in [0.1, 0.15) is 24.2 Å². The summed E-state index contributed by atoms with van der Waals surface area (Å²) in [7, 11) is 3.78. The van der Waals surface area contributed by atoms with Gasteiger partial charge in [-0.1, -0.05) is 6.07 Å². The van der Waals surface area contributed by atoms with E-state index in [1.54, 1.807) is 18.4 Å². The highest BCUT2D eigenvalue weighted by Crippen LogP contribution is 2.25. The van der Waals surface area contributed by atoms with Gasteiger partial charge < -0.3 is 24.8 Å². The lowest BCUT2D eigenvalue weighted by Gasteiger charge is -2.33. The van der Waals surface area contributed by atoms with Gasteiger partial charge in [-0.05, 0) is 26.5 Å². The average molecular weight is 435 g/mol. The van der Waals surface area contributed by atoms with E-state index >= 15 is 0 Å². The Hall–Kier alpha value is -1.71. The first kappa shape index (κ1) is 23.0. The molecule has 0 saturated carbocycles. The minimum atomic E-state index is -0.519. The molecule has 0 bridgehead atoms. The predicted octanol–water partition coefficient (Wildman–Crippen LogP) is 1.78. The lowest BCUT2D eigenvalue weighted by molar-refractivity contribution is 0.0501. The molecule has 2 heterocycles. The fourth-order valence-electron chi connectivity index (χ4n) is 3.50. The Labute approximate surface area is 183 Å². The Balaban J connectivity index is 1.49. The predicted molar refractivity (Wildman–Crippen MR) is 121 cm³/mol. The maximum Gasteiger partial charge on any atom is 0.127 e. The van der Waals surface area contributed by atoms with Crippen LogP contribution >= 0.6 is 11.3 Å². The van der Waals surface area contributed by atoms with Crippen molar-refractivity contribution < 1.29 is 14.6 Å². The second-order valence-electron chi connectivity index (χ2n) is 7.83. The third kappa shape index (κ3) is 6.92. The molecule has 1 aliphatic rings. The van der Waals surface area contributed by atoms with Gasteiger partial charge in [0.05, 0.1) is 18.3 Å². The summed E-state index contributed by atoms with van der Waals surface area (Å²) in [6.45, 7) is 8.59. The Bertz CT molecular complexity index is 777. The molecule has 1 saturated heterocycles. The average Bonchev–Trinajstić information content (AvgIpc) is 3.16. The second-order valence-corrected chi connectivity index (χ2v) is 8.77. The highest BCUT2D eigenvalue weighted by atomic mass is 32.1. The number of aromatic nitrogens is 1. The van der Waals surface area contributed by atoms with Gasteiger partial charge in [-0.25, -0.2) is 4.98 Å². The standard InChI is InChI=1S/C22H34N4O3S/c1-17-22(30-16-24-17)6-7-23-13-18-4-5-20(28-3)12-21(18)29-15-19(27)14-26-10-8-25(2)9-11-26/h4-5,12,16,19,23,27H,6-11,13-15H2,1-3H3. The van der Waals surface area contributed by atoms with Crippen molar-refractivity contribution in [2.45, 2.75) is 26.0 Å². The van der Waals surface area contributed by atoms with E-state index in [4.69, 9.17) is 9.47 Å². The SMILES string of the molecule is COc1ccc(CNCCc2scnc2C)c(OCC(O)CN2CCN(C)CC2)c1. The summed E-state index contributed by atoms with van der Waals surface area (Å²) in [5, 5.41) is 13.9. The molecule has 1 aliphatic heterocycles. The number of aliphatic hydroxyl groups excluding tert-OH is 1. The molecule has 3 rings (SSSR count). The summed E-state index contributed by atoms with van der Waals surface area (Å²) in [6.07, 6.45) is 0.446. The van der Waals surface area contributed by atoms with Crippen LogP contribution in [0.25, 0.3) is 0 Å². The fraction of sp³-hybridized carbons (Fsp3) is 0.591. The fourth-order valence-corrected chi connectivity index (χ4v) is 4.28. The van der Waals surface area contributed by atoms with Gasteiger partial charge >= 0.3 is 0 Å². The van der Waals surface area contributed by atoms with Crippen LogP contribution in [0.4, 0.5) is 0 Å². The molecule has 7 nitrogen and oxygen atoms in total. The van der Waals surface area contributed by atoms with Crippen molar-refractivity contribution >= 4 is 11.3 Å². The van der Waals surface area contributed by atoms with Crippen LogP contribution in [0, 0.1) is 6.92 Å². The molecule has 30 heavy (non-hydrogen) atoms. The normalized spacial score (nSPS) is 16.5. The first-order chi connectivity index (χ1) is 14.5. The Morgan fingerprint density at radius 1 is 1.27 bits per heavy atom. The van der Waals surface area contributed by atoms with Crippen LogP contribution < -0.4 is 14.8 Å². The number of methoxy groups -OCH3 is 1.